The van der Waals surface area contributed by atoms with E-state index in [1.165, 1.54) is 6.92 Å². The van der Waals surface area contributed by atoms with Crippen LogP contribution < -0.4 is 5.32 Å². The van der Waals surface area contributed by atoms with E-state index in [0.29, 0.717) is 25.9 Å². The lowest BCUT2D eigenvalue weighted by Gasteiger charge is -2.36. The molecule has 0 saturated carbocycles. The summed E-state index contributed by atoms with van der Waals surface area (Å²) >= 11 is 0. The first kappa shape index (κ1) is 31.1. The second-order valence-electron chi connectivity index (χ2n) is 11.7. The third-order valence-electron chi connectivity index (χ3n) is 7.40. The van der Waals surface area contributed by atoms with Gasteiger partial charge in [0.1, 0.15) is 18.2 Å². The zero-order valence-corrected chi connectivity index (χ0v) is 24.8. The molecule has 0 aromatic heterocycles. The largest absolute Gasteiger partial charge is 0.459 e. The lowest BCUT2D eigenvalue weighted by atomic mass is 9.92. The summed E-state index contributed by atoms with van der Waals surface area (Å²) in [7, 11) is 1.75. The molecule has 1 aliphatic heterocycles. The smallest absolute Gasteiger partial charge is 0.410 e. The van der Waals surface area contributed by atoms with Crippen molar-refractivity contribution >= 4 is 18.0 Å². The zero-order valence-electron chi connectivity index (χ0n) is 24.8. The quantitative estimate of drug-likeness (QED) is 0.388. The minimum absolute atomic E-state index is 0.0733. The number of hydrogen-bond donors (Lipinski definition) is 1. The van der Waals surface area contributed by atoms with Gasteiger partial charge < -0.3 is 19.7 Å². The maximum atomic E-state index is 13.6. The maximum Gasteiger partial charge on any atom is 0.410 e. The van der Waals surface area contributed by atoms with Crippen LogP contribution in [0.2, 0.25) is 0 Å². The number of likely N-dealkylation sites (tertiary alicyclic amines) is 1. The first-order chi connectivity index (χ1) is 19.0. The molecule has 3 rings (SSSR count). The predicted molar refractivity (Wildman–Crippen MR) is 155 cm³/mol. The predicted octanol–water partition coefficient (Wildman–Crippen LogP) is 5.16. The summed E-state index contributed by atoms with van der Waals surface area (Å²) in [4.78, 5) is 42.4. The van der Waals surface area contributed by atoms with Crippen molar-refractivity contribution in [3.8, 4) is 0 Å². The summed E-state index contributed by atoms with van der Waals surface area (Å²) in [6.45, 7) is 10.5. The summed E-state index contributed by atoms with van der Waals surface area (Å²) in [6, 6.07) is 18.6. The van der Waals surface area contributed by atoms with E-state index in [-0.39, 0.29) is 36.5 Å². The molecular weight excluding hydrogens is 506 g/mol. The van der Waals surface area contributed by atoms with Crippen molar-refractivity contribution in [3.63, 3.8) is 0 Å². The molecule has 218 valence electrons. The van der Waals surface area contributed by atoms with E-state index >= 15 is 0 Å². The van der Waals surface area contributed by atoms with Gasteiger partial charge in [0.15, 0.2) is 0 Å². The molecule has 2 amide bonds. The van der Waals surface area contributed by atoms with Crippen molar-refractivity contribution < 1.29 is 23.9 Å². The molecular formula is C32H45N3O5. The highest BCUT2D eigenvalue weighted by molar-refractivity contribution is 5.77. The lowest BCUT2D eigenvalue weighted by molar-refractivity contribution is -0.161. The summed E-state index contributed by atoms with van der Waals surface area (Å²) in [5.41, 5.74) is 1.35. The van der Waals surface area contributed by atoms with Crippen LogP contribution in [0.5, 0.6) is 0 Å². The van der Waals surface area contributed by atoms with Gasteiger partial charge in [-0.3, -0.25) is 14.5 Å². The van der Waals surface area contributed by atoms with Crippen LogP contribution in [0.4, 0.5) is 4.79 Å². The number of benzene rings is 2. The van der Waals surface area contributed by atoms with E-state index in [9.17, 15) is 14.4 Å². The summed E-state index contributed by atoms with van der Waals surface area (Å²) in [5, 5.41) is 2.95. The molecule has 0 aliphatic carbocycles. The highest BCUT2D eigenvalue weighted by atomic mass is 16.6. The average Bonchev–Trinajstić information content (AvgIpc) is 3.26. The van der Waals surface area contributed by atoms with Gasteiger partial charge in [0.2, 0.25) is 5.91 Å². The Morgan fingerprint density at radius 2 is 1.62 bits per heavy atom. The SMILES string of the molecule is CCC(CNC(C)=O)C[C@H]1[C@H](N(C)C(=O)OCc2ccccc2)C[C@H](C(=O)OC(C)(C)C)N1Cc1ccccc1. The number of nitrogens with zero attached hydrogens (tertiary/aromatic N) is 2. The van der Waals surface area contributed by atoms with Crippen LogP contribution in [0.15, 0.2) is 60.7 Å². The molecule has 2 aromatic rings. The summed E-state index contributed by atoms with van der Waals surface area (Å²) in [5.74, 6) is -0.200. The van der Waals surface area contributed by atoms with Gasteiger partial charge in [-0.1, -0.05) is 74.0 Å². The van der Waals surface area contributed by atoms with Crippen LogP contribution in [0, 0.1) is 5.92 Å². The van der Waals surface area contributed by atoms with E-state index < -0.39 is 17.7 Å². The van der Waals surface area contributed by atoms with Crippen LogP contribution in [-0.4, -0.2) is 65.1 Å². The Morgan fingerprint density at radius 3 is 2.17 bits per heavy atom. The molecule has 2 aromatic carbocycles. The highest BCUT2D eigenvalue weighted by Gasteiger charge is 2.49. The lowest BCUT2D eigenvalue weighted by Crippen LogP contribution is -2.49. The number of esters is 1. The second-order valence-corrected chi connectivity index (χ2v) is 11.7. The Balaban J connectivity index is 1.92. The van der Waals surface area contributed by atoms with Gasteiger partial charge in [0, 0.05) is 33.1 Å². The fraction of sp³-hybridized carbons (Fsp3) is 0.531. The monoisotopic (exact) mass is 551 g/mol. The molecule has 0 radical (unpaired) electrons. The Hall–Kier alpha value is -3.39. The van der Waals surface area contributed by atoms with E-state index in [1.807, 2.05) is 81.4 Å². The van der Waals surface area contributed by atoms with Gasteiger partial charge in [-0.2, -0.15) is 0 Å². The molecule has 4 atom stereocenters. The molecule has 1 fully saturated rings. The van der Waals surface area contributed by atoms with Crippen molar-refractivity contribution in [1.29, 1.82) is 0 Å². The van der Waals surface area contributed by atoms with Gasteiger partial charge in [-0.25, -0.2) is 4.79 Å². The Kier molecular flexibility index (Phi) is 11.1. The van der Waals surface area contributed by atoms with Crippen molar-refractivity contribution in [2.75, 3.05) is 13.6 Å². The number of rotatable bonds is 11. The normalized spacial score (nSPS) is 20.0. The Labute approximate surface area is 239 Å². The third-order valence-corrected chi connectivity index (χ3v) is 7.40. The van der Waals surface area contributed by atoms with E-state index in [1.54, 1.807) is 11.9 Å². The molecule has 40 heavy (non-hydrogen) atoms. The summed E-state index contributed by atoms with van der Waals surface area (Å²) < 4.78 is 11.6. The highest BCUT2D eigenvalue weighted by Crippen LogP contribution is 2.35. The van der Waals surface area contributed by atoms with Crippen molar-refractivity contribution in [2.45, 2.75) is 90.8 Å². The Morgan fingerprint density at radius 1 is 1.02 bits per heavy atom. The molecule has 1 unspecified atom stereocenters. The van der Waals surface area contributed by atoms with Gasteiger partial charge in [0.05, 0.1) is 6.04 Å². The maximum absolute atomic E-state index is 13.6. The van der Waals surface area contributed by atoms with Crippen LogP contribution in [0.3, 0.4) is 0 Å². The first-order valence-corrected chi connectivity index (χ1v) is 14.2. The fourth-order valence-electron chi connectivity index (χ4n) is 5.29. The van der Waals surface area contributed by atoms with Crippen molar-refractivity contribution in [2.24, 2.45) is 5.92 Å². The molecule has 0 bridgehead atoms. The molecule has 1 N–H and O–H groups in total. The Bertz CT molecular complexity index is 1100. The zero-order chi connectivity index (χ0) is 29.3. The number of carbonyl (C=O) groups is 3. The van der Waals surface area contributed by atoms with Crippen LogP contribution in [0.1, 0.15) is 65.0 Å². The molecule has 0 spiro atoms. The summed E-state index contributed by atoms with van der Waals surface area (Å²) in [6.07, 6.45) is 1.55. The number of nitrogens with one attached hydrogen (secondary N) is 1. The van der Waals surface area contributed by atoms with Crippen molar-refractivity contribution in [1.82, 2.24) is 15.1 Å². The van der Waals surface area contributed by atoms with Crippen molar-refractivity contribution in [3.05, 3.63) is 71.8 Å². The number of carbonyl (C=O) groups excluding carboxylic acids is 3. The third kappa shape index (κ3) is 9.08. The first-order valence-electron chi connectivity index (χ1n) is 14.2. The minimum Gasteiger partial charge on any atom is -0.459 e. The topological polar surface area (TPSA) is 88.2 Å². The van der Waals surface area contributed by atoms with Crippen LogP contribution in [0.25, 0.3) is 0 Å². The van der Waals surface area contributed by atoms with Gasteiger partial charge in [-0.05, 0) is 50.7 Å². The number of ether oxygens (including phenoxy) is 2. The van der Waals surface area contributed by atoms with E-state index in [4.69, 9.17) is 9.47 Å². The minimum atomic E-state index is -0.638. The molecule has 1 aliphatic rings. The van der Waals surface area contributed by atoms with Gasteiger partial charge in [-0.15, -0.1) is 0 Å². The molecule has 8 nitrogen and oxygen atoms in total. The second kappa shape index (κ2) is 14.3. The van der Waals surface area contributed by atoms with E-state index in [0.717, 1.165) is 17.5 Å². The average molecular weight is 552 g/mol. The number of amides is 2. The molecule has 1 heterocycles. The molecule has 8 heteroatoms. The standard InChI is InChI=1S/C32H45N3O5/c1-7-24(20-33-23(2)36)18-28-27(34(6)31(38)39-22-26-16-12-9-13-17-26)19-29(30(37)40-32(3,4)5)35(28)21-25-14-10-8-11-15-25/h8-17,24,27-29H,7,18-22H2,1-6H3,(H,33,36)/t24?,27-,28+,29-/m1/s1. The van der Waals surface area contributed by atoms with Crippen LogP contribution in [-0.2, 0) is 32.2 Å². The molecule has 1 saturated heterocycles. The van der Waals surface area contributed by atoms with Gasteiger partial charge >= 0.3 is 12.1 Å². The van der Waals surface area contributed by atoms with Gasteiger partial charge in [0.25, 0.3) is 0 Å². The fourth-order valence-corrected chi connectivity index (χ4v) is 5.29. The van der Waals surface area contributed by atoms with Crippen LogP contribution >= 0.6 is 0 Å². The van der Waals surface area contributed by atoms with E-state index in [2.05, 4.69) is 17.1 Å². The number of likely N-dealkylation sites (N-methyl/N-ethyl adjacent to an activating group) is 1. The number of hydrogen-bond acceptors (Lipinski definition) is 6.